The van der Waals surface area contributed by atoms with Gasteiger partial charge in [-0.1, -0.05) is 42.8 Å². The maximum atomic E-state index is 13.9. The highest BCUT2D eigenvalue weighted by molar-refractivity contribution is 6.32. The summed E-state index contributed by atoms with van der Waals surface area (Å²) in [6.45, 7) is 2.64. The molecule has 1 atom stereocenters. The van der Waals surface area contributed by atoms with E-state index in [0.29, 0.717) is 17.3 Å². The molecule has 0 aliphatic rings. The Kier molecular flexibility index (Phi) is 5.53. The Morgan fingerprint density at radius 2 is 1.90 bits per heavy atom. The molecule has 0 aliphatic carbocycles. The van der Waals surface area contributed by atoms with Crippen LogP contribution in [-0.2, 0) is 0 Å². The van der Waals surface area contributed by atoms with Crippen LogP contribution in [0.4, 0.5) is 8.78 Å². The van der Waals surface area contributed by atoms with Gasteiger partial charge in [-0.15, -0.1) is 0 Å². The molecule has 1 unspecified atom stereocenters. The molecule has 0 aromatic heterocycles. The van der Waals surface area contributed by atoms with Gasteiger partial charge in [-0.05, 0) is 24.7 Å². The molecule has 0 spiro atoms. The summed E-state index contributed by atoms with van der Waals surface area (Å²) in [7, 11) is 0. The first-order valence-electron chi connectivity index (χ1n) is 6.68. The lowest BCUT2D eigenvalue weighted by molar-refractivity contribution is 0.264. The van der Waals surface area contributed by atoms with E-state index in [1.807, 2.05) is 6.92 Å². The monoisotopic (exact) mass is 311 g/mol. The molecule has 1 N–H and O–H groups in total. The molecule has 0 fully saturated rings. The maximum Gasteiger partial charge on any atom is 0.163 e. The minimum Gasteiger partial charge on any atom is -0.490 e. The molecule has 112 valence electrons. The summed E-state index contributed by atoms with van der Waals surface area (Å²) in [5.74, 6) is -1.21. The minimum atomic E-state index is -0.867. The number of nitrogens with one attached hydrogen (secondary N) is 1. The SMILES string of the molecule is CCNC(COc1ccccc1Cl)c1cccc(F)c1F. The van der Waals surface area contributed by atoms with Crippen LogP contribution >= 0.6 is 11.6 Å². The molecule has 2 aromatic rings. The highest BCUT2D eigenvalue weighted by Gasteiger charge is 2.18. The fraction of sp³-hybridized carbons (Fsp3) is 0.250. The quantitative estimate of drug-likeness (QED) is 0.856. The van der Waals surface area contributed by atoms with E-state index in [2.05, 4.69) is 5.32 Å². The molecule has 2 rings (SSSR count). The van der Waals surface area contributed by atoms with Gasteiger partial charge in [-0.3, -0.25) is 0 Å². The van der Waals surface area contributed by atoms with Crippen molar-refractivity contribution in [2.45, 2.75) is 13.0 Å². The molecule has 0 bridgehead atoms. The smallest absolute Gasteiger partial charge is 0.163 e. The van der Waals surface area contributed by atoms with Gasteiger partial charge in [0.15, 0.2) is 11.6 Å². The summed E-state index contributed by atoms with van der Waals surface area (Å²) in [6.07, 6.45) is 0. The fourth-order valence-electron chi connectivity index (χ4n) is 2.03. The third kappa shape index (κ3) is 3.93. The lowest BCUT2D eigenvalue weighted by Crippen LogP contribution is -2.27. The van der Waals surface area contributed by atoms with Crippen LogP contribution in [0.2, 0.25) is 5.02 Å². The van der Waals surface area contributed by atoms with Crippen molar-refractivity contribution < 1.29 is 13.5 Å². The van der Waals surface area contributed by atoms with Gasteiger partial charge in [0.1, 0.15) is 12.4 Å². The van der Waals surface area contributed by atoms with Crippen LogP contribution in [0.25, 0.3) is 0 Å². The van der Waals surface area contributed by atoms with E-state index in [0.717, 1.165) is 6.07 Å². The third-order valence-corrected chi connectivity index (χ3v) is 3.36. The minimum absolute atomic E-state index is 0.151. The van der Waals surface area contributed by atoms with Crippen LogP contribution in [0.15, 0.2) is 42.5 Å². The number of para-hydroxylation sites is 1. The molecule has 5 heteroatoms. The molecular formula is C16H16ClF2NO. The highest BCUT2D eigenvalue weighted by Crippen LogP contribution is 2.25. The zero-order valence-corrected chi connectivity index (χ0v) is 12.3. The van der Waals surface area contributed by atoms with Crippen LogP contribution in [-0.4, -0.2) is 13.2 Å². The lowest BCUT2D eigenvalue weighted by Gasteiger charge is -2.20. The number of benzene rings is 2. The van der Waals surface area contributed by atoms with Crippen molar-refractivity contribution in [3.8, 4) is 5.75 Å². The molecule has 0 saturated heterocycles. The summed E-state index contributed by atoms with van der Waals surface area (Å²) in [6, 6.07) is 10.7. The van der Waals surface area contributed by atoms with E-state index in [-0.39, 0.29) is 12.2 Å². The predicted octanol–water partition coefficient (Wildman–Crippen LogP) is 4.35. The standard InChI is InChI=1S/C16H16ClF2NO/c1-2-20-14(11-6-5-8-13(18)16(11)19)10-21-15-9-4-3-7-12(15)17/h3-9,14,20H,2,10H2,1H3. The first-order chi connectivity index (χ1) is 10.1. The van der Waals surface area contributed by atoms with E-state index in [1.165, 1.54) is 6.07 Å². The van der Waals surface area contributed by atoms with Gasteiger partial charge in [-0.2, -0.15) is 0 Å². The van der Waals surface area contributed by atoms with E-state index >= 15 is 0 Å². The molecule has 0 saturated carbocycles. The molecule has 2 aromatic carbocycles. The summed E-state index contributed by atoms with van der Waals surface area (Å²) < 4.78 is 32.8. The molecule has 0 aliphatic heterocycles. The number of rotatable bonds is 6. The Morgan fingerprint density at radius 3 is 2.62 bits per heavy atom. The van der Waals surface area contributed by atoms with Gasteiger partial charge < -0.3 is 10.1 Å². The van der Waals surface area contributed by atoms with Crippen LogP contribution in [0.1, 0.15) is 18.5 Å². The maximum absolute atomic E-state index is 13.9. The van der Waals surface area contributed by atoms with E-state index in [1.54, 1.807) is 30.3 Å². The van der Waals surface area contributed by atoms with Crippen LogP contribution in [0.3, 0.4) is 0 Å². The van der Waals surface area contributed by atoms with Crippen molar-refractivity contribution >= 4 is 11.6 Å². The zero-order valence-electron chi connectivity index (χ0n) is 11.6. The molecular weight excluding hydrogens is 296 g/mol. The van der Waals surface area contributed by atoms with E-state index < -0.39 is 17.7 Å². The van der Waals surface area contributed by atoms with Crippen LogP contribution in [0, 0.1) is 11.6 Å². The third-order valence-electron chi connectivity index (χ3n) is 3.05. The second-order valence-electron chi connectivity index (χ2n) is 4.49. The van der Waals surface area contributed by atoms with Crippen molar-refractivity contribution in [3.05, 3.63) is 64.7 Å². The Labute approximate surface area is 127 Å². The highest BCUT2D eigenvalue weighted by atomic mass is 35.5. The lowest BCUT2D eigenvalue weighted by atomic mass is 10.1. The van der Waals surface area contributed by atoms with Gasteiger partial charge >= 0.3 is 0 Å². The number of ether oxygens (including phenoxy) is 1. The topological polar surface area (TPSA) is 21.3 Å². The normalized spacial score (nSPS) is 12.2. The number of likely N-dealkylation sites (N-methyl/N-ethyl adjacent to an activating group) is 1. The summed E-state index contributed by atoms with van der Waals surface area (Å²) >= 11 is 6.01. The van der Waals surface area contributed by atoms with Crippen molar-refractivity contribution in [1.82, 2.24) is 5.32 Å². The molecule has 2 nitrogen and oxygen atoms in total. The second-order valence-corrected chi connectivity index (χ2v) is 4.90. The second kappa shape index (κ2) is 7.38. The van der Waals surface area contributed by atoms with Gasteiger partial charge in [0.05, 0.1) is 11.1 Å². The number of halogens is 3. The average Bonchev–Trinajstić information content (AvgIpc) is 2.48. The summed E-state index contributed by atoms with van der Waals surface area (Å²) in [5.41, 5.74) is 0.240. The Morgan fingerprint density at radius 1 is 1.14 bits per heavy atom. The van der Waals surface area contributed by atoms with Crippen LogP contribution < -0.4 is 10.1 Å². The van der Waals surface area contributed by atoms with Gasteiger partial charge in [0, 0.05) is 5.56 Å². The van der Waals surface area contributed by atoms with Gasteiger partial charge in [0.25, 0.3) is 0 Å². The first-order valence-corrected chi connectivity index (χ1v) is 7.06. The molecule has 0 heterocycles. The molecule has 21 heavy (non-hydrogen) atoms. The largest absolute Gasteiger partial charge is 0.490 e. The van der Waals surface area contributed by atoms with Gasteiger partial charge in [0.2, 0.25) is 0 Å². The van der Waals surface area contributed by atoms with Crippen LogP contribution in [0.5, 0.6) is 5.75 Å². The average molecular weight is 312 g/mol. The molecule has 0 radical (unpaired) electrons. The summed E-state index contributed by atoms with van der Waals surface area (Å²) in [5, 5.41) is 3.56. The van der Waals surface area contributed by atoms with Crippen molar-refractivity contribution in [2.75, 3.05) is 13.2 Å². The summed E-state index contributed by atoms with van der Waals surface area (Å²) in [4.78, 5) is 0. The van der Waals surface area contributed by atoms with Gasteiger partial charge in [-0.25, -0.2) is 8.78 Å². The first kappa shape index (κ1) is 15.7. The Hall–Kier alpha value is -1.65. The zero-order chi connectivity index (χ0) is 15.2. The molecule has 0 amide bonds. The van der Waals surface area contributed by atoms with E-state index in [9.17, 15) is 8.78 Å². The fourth-order valence-corrected chi connectivity index (χ4v) is 2.22. The van der Waals surface area contributed by atoms with Crippen molar-refractivity contribution in [3.63, 3.8) is 0 Å². The number of hydrogen-bond donors (Lipinski definition) is 1. The predicted molar refractivity (Wildman–Crippen MR) is 79.7 cm³/mol. The van der Waals surface area contributed by atoms with Crippen molar-refractivity contribution in [2.24, 2.45) is 0 Å². The Balaban J connectivity index is 2.16. The Bertz CT molecular complexity index is 607. The number of hydrogen-bond acceptors (Lipinski definition) is 2. The van der Waals surface area contributed by atoms with E-state index in [4.69, 9.17) is 16.3 Å². The van der Waals surface area contributed by atoms with Crippen molar-refractivity contribution in [1.29, 1.82) is 0 Å².